The quantitative estimate of drug-likeness (QED) is 0.893. The van der Waals surface area contributed by atoms with E-state index in [-0.39, 0.29) is 6.10 Å². The maximum atomic E-state index is 13.9. The Labute approximate surface area is 112 Å². The molecule has 1 aliphatic rings. The normalized spacial score (nSPS) is 28.7. The highest BCUT2D eigenvalue weighted by Gasteiger charge is 2.39. The Balaban J connectivity index is 2.29. The molecule has 2 rings (SSSR count). The van der Waals surface area contributed by atoms with E-state index < -0.39 is 11.4 Å². The van der Waals surface area contributed by atoms with Crippen LogP contribution in [0.3, 0.4) is 0 Å². The first kappa shape index (κ1) is 13.8. The van der Waals surface area contributed by atoms with Crippen LogP contribution in [0.1, 0.15) is 32.3 Å². The van der Waals surface area contributed by atoms with E-state index in [4.69, 9.17) is 16.3 Å². The van der Waals surface area contributed by atoms with Gasteiger partial charge < -0.3 is 9.84 Å². The predicted octanol–water partition coefficient (Wildman–Crippen LogP) is 3.50. The van der Waals surface area contributed by atoms with Crippen LogP contribution in [0.4, 0.5) is 4.39 Å². The molecule has 1 aromatic rings. The first-order valence-corrected chi connectivity index (χ1v) is 6.60. The fourth-order valence-electron chi connectivity index (χ4n) is 2.41. The van der Waals surface area contributed by atoms with Crippen LogP contribution in [0.15, 0.2) is 18.2 Å². The van der Waals surface area contributed by atoms with E-state index in [1.165, 1.54) is 6.07 Å². The van der Waals surface area contributed by atoms with Gasteiger partial charge in [-0.2, -0.15) is 0 Å². The van der Waals surface area contributed by atoms with E-state index >= 15 is 0 Å². The van der Waals surface area contributed by atoms with Gasteiger partial charge in [0.25, 0.3) is 0 Å². The molecule has 1 fully saturated rings. The summed E-state index contributed by atoms with van der Waals surface area (Å²) in [6, 6.07) is 4.42. The number of benzene rings is 1. The van der Waals surface area contributed by atoms with Crippen LogP contribution in [0.25, 0.3) is 0 Å². The van der Waals surface area contributed by atoms with E-state index in [1.807, 2.05) is 13.8 Å². The molecular formula is C14H18ClFO2. The van der Waals surface area contributed by atoms with Crippen LogP contribution >= 0.6 is 11.6 Å². The van der Waals surface area contributed by atoms with Gasteiger partial charge in [0, 0.05) is 23.4 Å². The van der Waals surface area contributed by atoms with E-state index in [0.717, 1.165) is 0 Å². The highest BCUT2D eigenvalue weighted by molar-refractivity contribution is 6.30. The molecule has 2 atom stereocenters. The van der Waals surface area contributed by atoms with Crippen molar-refractivity contribution in [2.45, 2.75) is 38.4 Å². The highest BCUT2D eigenvalue weighted by atomic mass is 35.5. The molecule has 2 nitrogen and oxygen atoms in total. The van der Waals surface area contributed by atoms with E-state index in [1.54, 1.807) is 12.1 Å². The van der Waals surface area contributed by atoms with Crippen molar-refractivity contribution in [3.05, 3.63) is 34.6 Å². The van der Waals surface area contributed by atoms with Crippen molar-refractivity contribution in [2.75, 3.05) is 6.61 Å². The number of rotatable bonds is 2. The second-order valence-electron chi connectivity index (χ2n) is 5.26. The van der Waals surface area contributed by atoms with Gasteiger partial charge >= 0.3 is 0 Å². The molecule has 0 aliphatic carbocycles. The number of aliphatic hydroxyl groups is 1. The van der Waals surface area contributed by atoms with Crippen LogP contribution in [-0.2, 0) is 10.3 Å². The second kappa shape index (κ2) is 5.16. The van der Waals surface area contributed by atoms with Crippen molar-refractivity contribution in [1.29, 1.82) is 0 Å². The largest absolute Gasteiger partial charge is 0.385 e. The molecule has 2 unspecified atom stereocenters. The van der Waals surface area contributed by atoms with Gasteiger partial charge in [-0.05, 0) is 18.1 Å². The third kappa shape index (κ3) is 2.68. The predicted molar refractivity (Wildman–Crippen MR) is 69.1 cm³/mol. The molecule has 0 spiro atoms. The van der Waals surface area contributed by atoms with Crippen molar-refractivity contribution >= 4 is 11.6 Å². The maximum Gasteiger partial charge on any atom is 0.130 e. The van der Waals surface area contributed by atoms with Crippen molar-refractivity contribution < 1.29 is 14.2 Å². The molecule has 1 aromatic carbocycles. The molecule has 1 saturated heterocycles. The van der Waals surface area contributed by atoms with Crippen molar-refractivity contribution in [3.8, 4) is 0 Å². The Morgan fingerprint density at radius 1 is 1.50 bits per heavy atom. The van der Waals surface area contributed by atoms with Crippen LogP contribution in [0, 0.1) is 11.7 Å². The minimum Gasteiger partial charge on any atom is -0.385 e. The monoisotopic (exact) mass is 272 g/mol. The minimum atomic E-state index is -1.15. The maximum absolute atomic E-state index is 13.9. The lowest BCUT2D eigenvalue weighted by Gasteiger charge is -2.39. The average molecular weight is 273 g/mol. The molecule has 1 aliphatic heterocycles. The van der Waals surface area contributed by atoms with Gasteiger partial charge in [-0.1, -0.05) is 31.5 Å². The summed E-state index contributed by atoms with van der Waals surface area (Å²) in [5, 5.41) is 11.0. The van der Waals surface area contributed by atoms with Crippen molar-refractivity contribution in [1.82, 2.24) is 0 Å². The lowest BCUT2D eigenvalue weighted by molar-refractivity contribution is -0.122. The van der Waals surface area contributed by atoms with E-state index in [9.17, 15) is 9.50 Å². The molecular weight excluding hydrogens is 255 g/mol. The summed E-state index contributed by atoms with van der Waals surface area (Å²) in [5.74, 6) is -0.151. The van der Waals surface area contributed by atoms with Crippen LogP contribution in [0.2, 0.25) is 5.02 Å². The molecule has 4 heteroatoms. The zero-order valence-corrected chi connectivity index (χ0v) is 11.4. The first-order chi connectivity index (χ1) is 8.42. The average Bonchev–Trinajstić information content (AvgIpc) is 2.28. The topological polar surface area (TPSA) is 29.5 Å². The molecule has 18 heavy (non-hydrogen) atoms. The second-order valence-corrected chi connectivity index (χ2v) is 5.70. The lowest BCUT2D eigenvalue weighted by atomic mass is 9.81. The SMILES string of the molecule is CC(C)C1CC(O)(c2ccc(Cl)cc2F)CCO1. The molecule has 1 N–H and O–H groups in total. The zero-order chi connectivity index (χ0) is 13.3. The summed E-state index contributed by atoms with van der Waals surface area (Å²) in [7, 11) is 0. The Morgan fingerprint density at radius 3 is 2.83 bits per heavy atom. The van der Waals surface area contributed by atoms with Gasteiger partial charge in [-0.3, -0.25) is 0 Å². The molecule has 0 bridgehead atoms. The van der Waals surface area contributed by atoms with Gasteiger partial charge in [-0.25, -0.2) is 4.39 Å². The van der Waals surface area contributed by atoms with Crippen molar-refractivity contribution in [2.24, 2.45) is 5.92 Å². The third-order valence-electron chi connectivity index (χ3n) is 3.56. The summed E-state index contributed by atoms with van der Waals surface area (Å²) in [4.78, 5) is 0. The van der Waals surface area contributed by atoms with E-state index in [2.05, 4.69) is 0 Å². The summed E-state index contributed by atoms with van der Waals surface area (Å²) >= 11 is 5.73. The molecule has 0 amide bonds. The molecule has 100 valence electrons. The molecule has 0 saturated carbocycles. The third-order valence-corrected chi connectivity index (χ3v) is 3.80. The summed E-state index contributed by atoms with van der Waals surface area (Å²) in [6.45, 7) is 4.52. The van der Waals surface area contributed by atoms with Crippen LogP contribution < -0.4 is 0 Å². The van der Waals surface area contributed by atoms with Gasteiger partial charge in [0.05, 0.1) is 18.3 Å². The van der Waals surface area contributed by atoms with Crippen molar-refractivity contribution in [3.63, 3.8) is 0 Å². The lowest BCUT2D eigenvalue weighted by Crippen LogP contribution is -2.41. The fraction of sp³-hybridized carbons (Fsp3) is 0.571. The van der Waals surface area contributed by atoms with Crippen LogP contribution in [-0.4, -0.2) is 17.8 Å². The van der Waals surface area contributed by atoms with E-state index in [0.29, 0.717) is 36.0 Å². The number of hydrogen-bond donors (Lipinski definition) is 1. The summed E-state index contributed by atoms with van der Waals surface area (Å²) < 4.78 is 19.5. The zero-order valence-electron chi connectivity index (χ0n) is 10.6. The Morgan fingerprint density at radius 2 is 2.22 bits per heavy atom. The first-order valence-electron chi connectivity index (χ1n) is 6.22. The van der Waals surface area contributed by atoms with Gasteiger partial charge in [-0.15, -0.1) is 0 Å². The molecule has 1 heterocycles. The number of halogens is 2. The summed E-state index contributed by atoms with van der Waals surface area (Å²) in [5.41, 5.74) is -0.831. The van der Waals surface area contributed by atoms with Gasteiger partial charge in [0.15, 0.2) is 0 Å². The summed E-state index contributed by atoms with van der Waals surface area (Å²) in [6.07, 6.45) is 0.789. The Hall–Kier alpha value is -0.640. The standard InChI is InChI=1S/C14H18ClFO2/c1-9(2)13-8-14(17,5-6-18-13)11-4-3-10(15)7-12(11)16/h3-4,7,9,13,17H,5-6,8H2,1-2H3. The Bertz CT molecular complexity index is 436. The van der Waals surface area contributed by atoms with Crippen LogP contribution in [0.5, 0.6) is 0 Å². The van der Waals surface area contributed by atoms with Gasteiger partial charge in [0.2, 0.25) is 0 Å². The fourth-order valence-corrected chi connectivity index (χ4v) is 2.57. The minimum absolute atomic E-state index is 0.0428. The molecule has 0 radical (unpaired) electrons. The molecule has 0 aromatic heterocycles. The number of ether oxygens (including phenoxy) is 1. The Kier molecular flexibility index (Phi) is 3.95. The number of hydrogen-bond acceptors (Lipinski definition) is 2. The smallest absolute Gasteiger partial charge is 0.130 e. The highest BCUT2D eigenvalue weighted by Crippen LogP contribution is 2.38. The van der Waals surface area contributed by atoms with Gasteiger partial charge in [0.1, 0.15) is 5.82 Å².